The van der Waals surface area contributed by atoms with Gasteiger partial charge in [-0.15, -0.1) is 11.3 Å². The summed E-state index contributed by atoms with van der Waals surface area (Å²) in [6, 6.07) is 1.90. The predicted molar refractivity (Wildman–Crippen MR) is 63.0 cm³/mol. The van der Waals surface area contributed by atoms with E-state index in [-0.39, 0.29) is 11.9 Å². The normalized spacial score (nSPS) is 12.5. The Balaban J connectivity index is 2.58. The number of halogens is 1. The van der Waals surface area contributed by atoms with Gasteiger partial charge in [0, 0.05) is 18.0 Å². The van der Waals surface area contributed by atoms with E-state index in [0.717, 1.165) is 8.45 Å². The van der Waals surface area contributed by atoms with Crippen LogP contribution in [0.3, 0.4) is 0 Å². The molecule has 72 valence electrons. The van der Waals surface area contributed by atoms with Crippen molar-refractivity contribution in [2.75, 3.05) is 6.54 Å². The minimum atomic E-state index is -0.0443. The Bertz CT molecular complexity index is 300. The number of nitrogens with one attached hydrogen (secondary N) is 1. The van der Waals surface area contributed by atoms with Crippen LogP contribution in [0.2, 0.25) is 0 Å². The third-order valence-corrected chi connectivity index (χ3v) is 3.35. The number of carbonyl (C=O) groups excluding carboxylic acids is 1. The molecule has 3 nitrogen and oxygen atoms in total. The largest absolute Gasteiger partial charge is 0.348 e. The van der Waals surface area contributed by atoms with Gasteiger partial charge in [0.15, 0.2) is 0 Å². The second-order valence-electron chi connectivity index (χ2n) is 2.75. The zero-order chi connectivity index (χ0) is 9.84. The number of nitrogens with two attached hydrogens (primary N) is 1. The first-order valence-electron chi connectivity index (χ1n) is 3.88. The molecule has 0 aliphatic rings. The molecule has 3 N–H and O–H groups in total. The minimum absolute atomic E-state index is 0.0325. The maximum absolute atomic E-state index is 11.5. The summed E-state index contributed by atoms with van der Waals surface area (Å²) in [5.41, 5.74) is 6.11. The van der Waals surface area contributed by atoms with E-state index < -0.39 is 0 Å². The Morgan fingerprint density at radius 1 is 1.85 bits per heavy atom. The number of hydrogen-bond acceptors (Lipinski definition) is 3. The summed E-state index contributed by atoms with van der Waals surface area (Å²) < 4.78 is 1.11. The average Bonchev–Trinajstić information content (AvgIpc) is 2.51. The van der Waals surface area contributed by atoms with Gasteiger partial charge >= 0.3 is 0 Å². The quantitative estimate of drug-likeness (QED) is 0.830. The van der Waals surface area contributed by atoms with Crippen molar-refractivity contribution in [3.63, 3.8) is 0 Å². The molecule has 13 heavy (non-hydrogen) atoms. The standard InChI is InChI=1S/C8H11IN2OS/c1-5(3-10)11-8(12)6-2-7(9)13-4-6/h2,4-5H,3,10H2,1H3,(H,11,12)/t5-/m1/s1. The lowest BCUT2D eigenvalue weighted by atomic mass is 10.3. The molecular formula is C8H11IN2OS. The second-order valence-corrected chi connectivity index (χ2v) is 5.56. The van der Waals surface area contributed by atoms with Crippen molar-refractivity contribution in [3.8, 4) is 0 Å². The van der Waals surface area contributed by atoms with Crippen molar-refractivity contribution in [3.05, 3.63) is 19.9 Å². The van der Waals surface area contributed by atoms with Crippen molar-refractivity contribution >= 4 is 39.8 Å². The molecule has 0 saturated heterocycles. The molecule has 0 aromatic carbocycles. The third kappa shape index (κ3) is 3.24. The van der Waals surface area contributed by atoms with Gasteiger partial charge in [-0.25, -0.2) is 0 Å². The molecule has 1 atom stereocenters. The Labute approximate surface area is 94.8 Å². The van der Waals surface area contributed by atoms with E-state index in [1.54, 1.807) is 11.3 Å². The van der Waals surface area contributed by atoms with Crippen LogP contribution in [0, 0.1) is 2.88 Å². The first-order chi connectivity index (χ1) is 6.13. The van der Waals surface area contributed by atoms with Crippen molar-refractivity contribution in [2.45, 2.75) is 13.0 Å². The number of hydrogen-bond donors (Lipinski definition) is 2. The second kappa shape index (κ2) is 4.92. The lowest BCUT2D eigenvalue weighted by molar-refractivity contribution is 0.0941. The summed E-state index contributed by atoms with van der Waals surface area (Å²) >= 11 is 3.75. The fourth-order valence-electron chi connectivity index (χ4n) is 0.795. The summed E-state index contributed by atoms with van der Waals surface area (Å²) in [6.45, 7) is 2.35. The fraction of sp³-hybridized carbons (Fsp3) is 0.375. The van der Waals surface area contributed by atoms with Crippen molar-refractivity contribution in [1.29, 1.82) is 0 Å². The number of thiophene rings is 1. The summed E-state index contributed by atoms with van der Waals surface area (Å²) in [7, 11) is 0. The highest BCUT2D eigenvalue weighted by Crippen LogP contribution is 2.16. The van der Waals surface area contributed by atoms with Crippen LogP contribution in [-0.2, 0) is 0 Å². The van der Waals surface area contributed by atoms with Gasteiger partial charge in [-0.05, 0) is 35.6 Å². The molecule has 1 aromatic heterocycles. The van der Waals surface area contributed by atoms with Gasteiger partial charge in [-0.3, -0.25) is 4.79 Å². The smallest absolute Gasteiger partial charge is 0.252 e. The van der Waals surface area contributed by atoms with Gasteiger partial charge in [-0.1, -0.05) is 0 Å². The Morgan fingerprint density at radius 3 is 3.00 bits per heavy atom. The molecule has 0 fully saturated rings. The van der Waals surface area contributed by atoms with Gasteiger partial charge in [-0.2, -0.15) is 0 Å². The molecular weight excluding hydrogens is 299 g/mol. The summed E-state index contributed by atoms with van der Waals surface area (Å²) in [5, 5.41) is 4.65. The van der Waals surface area contributed by atoms with Crippen LogP contribution < -0.4 is 11.1 Å². The number of rotatable bonds is 3. The van der Waals surface area contributed by atoms with Gasteiger partial charge in [0.1, 0.15) is 0 Å². The molecule has 0 spiro atoms. The van der Waals surface area contributed by atoms with E-state index in [1.807, 2.05) is 18.4 Å². The lowest BCUT2D eigenvalue weighted by Gasteiger charge is -2.09. The Kier molecular flexibility index (Phi) is 4.14. The summed E-state index contributed by atoms with van der Waals surface area (Å²) in [6.07, 6.45) is 0. The first kappa shape index (κ1) is 10.9. The van der Waals surface area contributed by atoms with Crippen LogP contribution >= 0.6 is 33.9 Å². The van der Waals surface area contributed by atoms with E-state index in [4.69, 9.17) is 5.73 Å². The van der Waals surface area contributed by atoms with Gasteiger partial charge in [0.2, 0.25) is 0 Å². The average molecular weight is 310 g/mol. The minimum Gasteiger partial charge on any atom is -0.348 e. The zero-order valence-corrected chi connectivity index (χ0v) is 10.2. The van der Waals surface area contributed by atoms with Crippen molar-refractivity contribution in [2.24, 2.45) is 5.73 Å². The maximum atomic E-state index is 11.5. The molecule has 0 saturated carbocycles. The van der Waals surface area contributed by atoms with E-state index >= 15 is 0 Å². The van der Waals surface area contributed by atoms with Crippen LogP contribution in [0.25, 0.3) is 0 Å². The number of carbonyl (C=O) groups is 1. The zero-order valence-electron chi connectivity index (χ0n) is 7.21. The highest BCUT2D eigenvalue weighted by atomic mass is 127. The molecule has 1 rings (SSSR count). The monoisotopic (exact) mass is 310 g/mol. The van der Waals surface area contributed by atoms with Crippen molar-refractivity contribution in [1.82, 2.24) is 5.32 Å². The first-order valence-corrected chi connectivity index (χ1v) is 5.84. The lowest BCUT2D eigenvalue weighted by Crippen LogP contribution is -2.37. The van der Waals surface area contributed by atoms with E-state index in [9.17, 15) is 4.79 Å². The number of amides is 1. The van der Waals surface area contributed by atoms with Crippen molar-refractivity contribution < 1.29 is 4.79 Å². The Hall–Kier alpha value is -0.140. The molecule has 0 radical (unpaired) electrons. The van der Waals surface area contributed by atoms with Gasteiger partial charge < -0.3 is 11.1 Å². The molecule has 0 aliphatic heterocycles. The third-order valence-electron chi connectivity index (χ3n) is 1.56. The van der Waals surface area contributed by atoms with Crippen LogP contribution in [0.15, 0.2) is 11.4 Å². The van der Waals surface area contributed by atoms with Gasteiger partial charge in [0.05, 0.1) is 8.45 Å². The predicted octanol–water partition coefficient (Wildman–Crippen LogP) is 1.43. The highest BCUT2D eigenvalue weighted by Gasteiger charge is 2.09. The van der Waals surface area contributed by atoms with Crippen LogP contribution in [0.4, 0.5) is 0 Å². The van der Waals surface area contributed by atoms with E-state index in [1.165, 1.54) is 0 Å². The van der Waals surface area contributed by atoms with E-state index in [0.29, 0.717) is 6.54 Å². The summed E-state index contributed by atoms with van der Waals surface area (Å²) in [5.74, 6) is -0.0443. The molecule has 1 aromatic rings. The Morgan fingerprint density at radius 2 is 2.54 bits per heavy atom. The molecule has 0 aliphatic carbocycles. The van der Waals surface area contributed by atoms with Gasteiger partial charge in [0.25, 0.3) is 5.91 Å². The SMILES string of the molecule is C[C@H](CN)NC(=O)c1csc(I)c1. The summed E-state index contributed by atoms with van der Waals surface area (Å²) in [4.78, 5) is 11.5. The van der Waals surface area contributed by atoms with E-state index in [2.05, 4.69) is 27.9 Å². The molecule has 0 bridgehead atoms. The molecule has 1 amide bonds. The molecule has 0 unspecified atom stereocenters. The highest BCUT2D eigenvalue weighted by molar-refractivity contribution is 14.1. The molecule has 5 heteroatoms. The fourth-order valence-corrected chi connectivity index (χ4v) is 2.12. The van der Waals surface area contributed by atoms with Crippen LogP contribution in [0.5, 0.6) is 0 Å². The topological polar surface area (TPSA) is 55.1 Å². The van der Waals surface area contributed by atoms with Crippen LogP contribution in [-0.4, -0.2) is 18.5 Å². The maximum Gasteiger partial charge on any atom is 0.252 e. The van der Waals surface area contributed by atoms with Crippen LogP contribution in [0.1, 0.15) is 17.3 Å². The molecule has 1 heterocycles.